The number of anilines is 1. The van der Waals surface area contributed by atoms with Crippen LogP contribution in [-0.2, 0) is 4.79 Å². The first-order valence-electron chi connectivity index (χ1n) is 7.36. The monoisotopic (exact) mass is 289 g/mol. The van der Waals surface area contributed by atoms with Crippen LogP contribution in [0.25, 0.3) is 0 Å². The van der Waals surface area contributed by atoms with Gasteiger partial charge in [-0.25, -0.2) is 0 Å². The van der Waals surface area contributed by atoms with Crippen LogP contribution in [0.5, 0.6) is 0 Å². The third-order valence-electron chi connectivity index (χ3n) is 3.83. The molecule has 2 amide bonds. The average Bonchev–Trinajstić information content (AvgIpc) is 3.35. The Hall–Kier alpha value is -1.88. The fraction of sp³-hybridized carbons (Fsp3) is 0.500. The average molecular weight is 289 g/mol. The molecule has 1 unspecified atom stereocenters. The number of nitrogens with one attached hydrogen (secondary N) is 2. The summed E-state index contributed by atoms with van der Waals surface area (Å²) in [6, 6.07) is 7.43. The number of para-hydroxylation sites is 1. The van der Waals surface area contributed by atoms with Crippen molar-refractivity contribution in [1.29, 1.82) is 0 Å². The quantitative estimate of drug-likeness (QED) is 0.832. The number of carbonyl (C=O) groups excluding carboxylic acids is 2. The lowest BCUT2D eigenvalue weighted by Gasteiger charge is -2.21. The van der Waals surface area contributed by atoms with E-state index in [1.54, 1.807) is 18.0 Å². The Balaban J connectivity index is 2.12. The first-order chi connectivity index (χ1) is 10.0. The molecule has 0 spiro atoms. The SMILES string of the molecule is CNC(C)CNC(=O)c1ccccc1N(C)C(=O)C1CC1. The smallest absolute Gasteiger partial charge is 0.253 e. The zero-order valence-electron chi connectivity index (χ0n) is 12.8. The van der Waals surface area contributed by atoms with Crippen molar-refractivity contribution in [2.75, 3.05) is 25.5 Å². The van der Waals surface area contributed by atoms with E-state index in [9.17, 15) is 9.59 Å². The largest absolute Gasteiger partial charge is 0.350 e. The van der Waals surface area contributed by atoms with E-state index in [1.807, 2.05) is 32.2 Å². The molecule has 21 heavy (non-hydrogen) atoms. The van der Waals surface area contributed by atoms with Crippen LogP contribution in [-0.4, -0.2) is 38.5 Å². The fourth-order valence-electron chi connectivity index (χ4n) is 2.12. The predicted octanol–water partition coefficient (Wildman–Crippen LogP) is 1.40. The predicted molar refractivity (Wildman–Crippen MR) is 83.4 cm³/mol. The molecule has 1 aliphatic rings. The van der Waals surface area contributed by atoms with Crippen LogP contribution in [0.15, 0.2) is 24.3 Å². The minimum absolute atomic E-state index is 0.0962. The summed E-state index contributed by atoms with van der Waals surface area (Å²) < 4.78 is 0. The van der Waals surface area contributed by atoms with E-state index in [0.717, 1.165) is 12.8 Å². The summed E-state index contributed by atoms with van der Waals surface area (Å²) in [7, 11) is 3.59. The Morgan fingerprint density at radius 3 is 2.62 bits per heavy atom. The first-order valence-corrected chi connectivity index (χ1v) is 7.36. The van der Waals surface area contributed by atoms with Gasteiger partial charge in [0.25, 0.3) is 5.91 Å². The van der Waals surface area contributed by atoms with E-state index < -0.39 is 0 Å². The molecule has 1 aromatic rings. The van der Waals surface area contributed by atoms with Crippen molar-refractivity contribution < 1.29 is 9.59 Å². The highest BCUT2D eigenvalue weighted by atomic mass is 16.2. The molecular formula is C16H23N3O2. The Labute approximate surface area is 125 Å². The van der Waals surface area contributed by atoms with Crippen molar-refractivity contribution in [2.24, 2.45) is 5.92 Å². The van der Waals surface area contributed by atoms with Crippen molar-refractivity contribution in [3.8, 4) is 0 Å². The van der Waals surface area contributed by atoms with Gasteiger partial charge in [-0.15, -0.1) is 0 Å². The summed E-state index contributed by atoms with van der Waals surface area (Å²) in [4.78, 5) is 26.1. The zero-order chi connectivity index (χ0) is 15.4. The molecule has 1 aliphatic carbocycles. The number of nitrogens with zero attached hydrogens (tertiary/aromatic N) is 1. The second-order valence-corrected chi connectivity index (χ2v) is 5.59. The van der Waals surface area contributed by atoms with Gasteiger partial charge in [-0.2, -0.15) is 0 Å². The number of hydrogen-bond donors (Lipinski definition) is 2. The second kappa shape index (κ2) is 6.72. The fourth-order valence-corrected chi connectivity index (χ4v) is 2.12. The van der Waals surface area contributed by atoms with E-state index in [1.165, 1.54) is 0 Å². The van der Waals surface area contributed by atoms with Crippen LogP contribution in [0.3, 0.4) is 0 Å². The highest BCUT2D eigenvalue weighted by molar-refractivity contribution is 6.05. The first kappa shape index (κ1) is 15.5. The van der Waals surface area contributed by atoms with E-state index in [4.69, 9.17) is 0 Å². The van der Waals surface area contributed by atoms with Gasteiger partial charge >= 0.3 is 0 Å². The van der Waals surface area contributed by atoms with Gasteiger partial charge in [0.05, 0.1) is 11.3 Å². The molecule has 1 saturated carbocycles. The molecule has 0 aromatic heterocycles. The molecule has 114 valence electrons. The molecular weight excluding hydrogens is 266 g/mol. The van der Waals surface area contributed by atoms with Crippen LogP contribution in [0.4, 0.5) is 5.69 Å². The number of hydrogen-bond acceptors (Lipinski definition) is 3. The van der Waals surface area contributed by atoms with Gasteiger partial charge in [-0.3, -0.25) is 9.59 Å². The topological polar surface area (TPSA) is 61.4 Å². The molecule has 1 atom stereocenters. The normalized spacial score (nSPS) is 15.4. The van der Waals surface area contributed by atoms with Gasteiger partial charge in [0.1, 0.15) is 0 Å². The second-order valence-electron chi connectivity index (χ2n) is 5.59. The lowest BCUT2D eigenvalue weighted by atomic mass is 10.1. The van der Waals surface area contributed by atoms with E-state index in [2.05, 4.69) is 10.6 Å². The molecule has 2 rings (SSSR count). The summed E-state index contributed by atoms with van der Waals surface area (Å²) in [5.74, 6) is 0.0809. The van der Waals surface area contributed by atoms with Gasteiger partial charge in [0.2, 0.25) is 5.91 Å². The summed E-state index contributed by atoms with van der Waals surface area (Å²) in [5.41, 5.74) is 1.21. The molecule has 0 radical (unpaired) electrons. The van der Waals surface area contributed by atoms with Crippen LogP contribution < -0.4 is 15.5 Å². The molecule has 5 heteroatoms. The third kappa shape index (κ3) is 3.82. The standard InChI is InChI=1S/C16H23N3O2/c1-11(17-2)10-18-15(20)13-6-4-5-7-14(13)19(3)16(21)12-8-9-12/h4-7,11-12,17H,8-10H2,1-3H3,(H,18,20). The Bertz CT molecular complexity index is 526. The van der Waals surface area contributed by atoms with Crippen LogP contribution >= 0.6 is 0 Å². The van der Waals surface area contributed by atoms with Gasteiger partial charge in [-0.1, -0.05) is 12.1 Å². The van der Waals surface area contributed by atoms with Crippen molar-refractivity contribution in [3.63, 3.8) is 0 Å². The van der Waals surface area contributed by atoms with Gasteiger partial charge < -0.3 is 15.5 Å². The number of carbonyl (C=O) groups is 2. The van der Waals surface area contributed by atoms with Crippen LogP contribution in [0.2, 0.25) is 0 Å². The Morgan fingerprint density at radius 1 is 1.33 bits per heavy atom. The molecule has 0 aliphatic heterocycles. The van der Waals surface area contributed by atoms with Crippen molar-refractivity contribution in [1.82, 2.24) is 10.6 Å². The number of likely N-dealkylation sites (N-methyl/N-ethyl adjacent to an activating group) is 1. The maximum Gasteiger partial charge on any atom is 0.253 e. The van der Waals surface area contributed by atoms with Crippen molar-refractivity contribution in [2.45, 2.75) is 25.8 Å². The molecule has 2 N–H and O–H groups in total. The van der Waals surface area contributed by atoms with Crippen LogP contribution in [0, 0.1) is 5.92 Å². The number of rotatable bonds is 6. The lowest BCUT2D eigenvalue weighted by Crippen LogP contribution is -2.38. The molecule has 5 nitrogen and oxygen atoms in total. The van der Waals surface area contributed by atoms with Gasteiger partial charge in [-0.05, 0) is 38.9 Å². The summed E-state index contributed by atoms with van der Waals surface area (Å²) >= 11 is 0. The molecule has 0 heterocycles. The van der Waals surface area contributed by atoms with Gasteiger partial charge in [0, 0.05) is 25.6 Å². The van der Waals surface area contributed by atoms with Gasteiger partial charge in [0.15, 0.2) is 0 Å². The zero-order valence-corrected chi connectivity index (χ0v) is 12.8. The minimum Gasteiger partial charge on any atom is -0.350 e. The highest BCUT2D eigenvalue weighted by Crippen LogP contribution is 2.33. The van der Waals surface area contributed by atoms with E-state index in [-0.39, 0.29) is 23.8 Å². The Kier molecular flexibility index (Phi) is 4.96. The Morgan fingerprint density at radius 2 is 2.00 bits per heavy atom. The summed E-state index contributed by atoms with van der Waals surface area (Å²) in [6.45, 7) is 2.54. The summed E-state index contributed by atoms with van der Waals surface area (Å²) in [5, 5.41) is 5.96. The lowest BCUT2D eigenvalue weighted by molar-refractivity contribution is -0.119. The molecule has 1 fully saturated rings. The molecule has 0 saturated heterocycles. The maximum absolute atomic E-state index is 12.3. The summed E-state index contributed by atoms with van der Waals surface area (Å²) in [6.07, 6.45) is 1.91. The number of benzene rings is 1. The van der Waals surface area contributed by atoms with Crippen molar-refractivity contribution >= 4 is 17.5 Å². The minimum atomic E-state index is -0.150. The van der Waals surface area contributed by atoms with Crippen LogP contribution in [0.1, 0.15) is 30.1 Å². The highest BCUT2D eigenvalue weighted by Gasteiger charge is 2.33. The van der Waals surface area contributed by atoms with E-state index in [0.29, 0.717) is 17.8 Å². The third-order valence-corrected chi connectivity index (χ3v) is 3.83. The molecule has 0 bridgehead atoms. The maximum atomic E-state index is 12.3. The van der Waals surface area contributed by atoms with Crippen molar-refractivity contribution in [3.05, 3.63) is 29.8 Å². The van der Waals surface area contributed by atoms with E-state index >= 15 is 0 Å². The number of amides is 2. The molecule has 1 aromatic carbocycles.